The van der Waals surface area contributed by atoms with E-state index < -0.39 is 0 Å². The molecular weight excluding hydrogens is 350 g/mol. The highest BCUT2D eigenvalue weighted by atomic mass is 16.5. The fourth-order valence-electron chi connectivity index (χ4n) is 4.73. The van der Waals surface area contributed by atoms with Gasteiger partial charge in [0.1, 0.15) is 5.75 Å². The summed E-state index contributed by atoms with van der Waals surface area (Å²) in [5.74, 6) is 1.05. The van der Waals surface area contributed by atoms with E-state index in [9.17, 15) is 4.79 Å². The second-order valence-corrected chi connectivity index (χ2v) is 7.74. The highest BCUT2D eigenvalue weighted by Crippen LogP contribution is 2.39. The van der Waals surface area contributed by atoms with Crippen molar-refractivity contribution in [2.45, 2.75) is 25.4 Å². The Balaban J connectivity index is 1.52. The van der Waals surface area contributed by atoms with Crippen molar-refractivity contribution in [2.24, 2.45) is 0 Å². The molecule has 2 aliphatic rings. The summed E-state index contributed by atoms with van der Waals surface area (Å²) in [6.45, 7) is 5.56. The van der Waals surface area contributed by atoms with Gasteiger partial charge in [-0.3, -0.25) is 9.69 Å². The molecule has 0 N–H and O–H groups in total. The molecule has 1 saturated heterocycles. The molecule has 2 unspecified atom stereocenters. The predicted molar refractivity (Wildman–Crippen MR) is 112 cm³/mol. The number of ether oxygens (including phenoxy) is 1. The molecule has 1 aliphatic carbocycles. The van der Waals surface area contributed by atoms with Crippen LogP contribution >= 0.6 is 0 Å². The first kappa shape index (κ1) is 18.8. The topological polar surface area (TPSA) is 36.0 Å². The van der Waals surface area contributed by atoms with E-state index >= 15 is 0 Å². The molecule has 28 heavy (non-hydrogen) atoms. The molecule has 4 rings (SSSR count). The van der Waals surface area contributed by atoms with Crippen LogP contribution in [0.25, 0.3) is 0 Å². The Kier molecular flexibility index (Phi) is 5.27. The standard InChI is InChI=1S/C23H29N3O2/c1-17(27)24(2)23-19-9-5-4-8-18(19)16-21(23)26-14-12-25(13-15-26)20-10-6-7-11-22(20)28-3/h4-11,21,23H,12-16H2,1-3H3. The van der Waals surface area contributed by atoms with Crippen LogP contribution < -0.4 is 9.64 Å². The van der Waals surface area contributed by atoms with Gasteiger partial charge in [0.25, 0.3) is 0 Å². The molecule has 0 bridgehead atoms. The molecule has 1 amide bonds. The Bertz CT molecular complexity index is 845. The number of benzene rings is 2. The monoisotopic (exact) mass is 379 g/mol. The molecule has 2 aromatic carbocycles. The highest BCUT2D eigenvalue weighted by molar-refractivity contribution is 5.74. The van der Waals surface area contributed by atoms with Crippen LogP contribution in [0.15, 0.2) is 48.5 Å². The number of nitrogens with zero attached hydrogens (tertiary/aromatic N) is 3. The third-order valence-electron chi connectivity index (χ3n) is 6.29. The first-order valence-electron chi connectivity index (χ1n) is 10.0. The van der Waals surface area contributed by atoms with Crippen molar-refractivity contribution >= 4 is 11.6 Å². The summed E-state index contributed by atoms with van der Waals surface area (Å²) in [5.41, 5.74) is 3.84. The Hall–Kier alpha value is -2.53. The van der Waals surface area contributed by atoms with Crippen LogP contribution in [-0.2, 0) is 11.2 Å². The molecule has 0 saturated carbocycles. The zero-order chi connectivity index (χ0) is 19.7. The van der Waals surface area contributed by atoms with E-state index in [2.05, 4.69) is 46.2 Å². The number of likely N-dealkylation sites (N-methyl/N-ethyl adjacent to an activating group) is 1. The van der Waals surface area contributed by atoms with Crippen molar-refractivity contribution in [3.63, 3.8) is 0 Å². The maximum Gasteiger partial charge on any atom is 0.219 e. The van der Waals surface area contributed by atoms with E-state index in [0.717, 1.165) is 44.0 Å². The van der Waals surface area contributed by atoms with Crippen molar-refractivity contribution in [3.8, 4) is 5.75 Å². The normalized spacial score (nSPS) is 22.0. The molecule has 0 spiro atoms. The third kappa shape index (κ3) is 3.35. The smallest absolute Gasteiger partial charge is 0.219 e. The maximum atomic E-state index is 12.2. The van der Waals surface area contributed by atoms with Gasteiger partial charge in [0, 0.05) is 46.2 Å². The number of carbonyl (C=O) groups excluding carboxylic acids is 1. The largest absolute Gasteiger partial charge is 0.495 e. The lowest BCUT2D eigenvalue weighted by atomic mass is 10.0. The van der Waals surface area contributed by atoms with E-state index in [1.54, 1.807) is 14.0 Å². The van der Waals surface area contributed by atoms with Gasteiger partial charge in [-0.15, -0.1) is 0 Å². The van der Waals surface area contributed by atoms with Crippen LogP contribution in [0.1, 0.15) is 24.1 Å². The van der Waals surface area contributed by atoms with E-state index in [4.69, 9.17) is 4.74 Å². The summed E-state index contributed by atoms with van der Waals surface area (Å²) in [4.78, 5) is 19.1. The number of fused-ring (bicyclic) bond motifs is 1. The number of methoxy groups -OCH3 is 1. The molecular formula is C23H29N3O2. The summed E-state index contributed by atoms with van der Waals surface area (Å²) < 4.78 is 5.54. The minimum atomic E-state index is 0.124. The summed E-state index contributed by atoms with van der Waals surface area (Å²) in [5, 5.41) is 0. The SMILES string of the molecule is COc1ccccc1N1CCN(C2Cc3ccccc3C2N(C)C(C)=O)CC1. The predicted octanol–water partition coefficient (Wildman–Crippen LogP) is 2.96. The van der Waals surface area contributed by atoms with Gasteiger partial charge in [-0.05, 0) is 29.7 Å². The number of amides is 1. The van der Waals surface area contributed by atoms with Gasteiger partial charge < -0.3 is 14.5 Å². The molecule has 0 radical (unpaired) electrons. The van der Waals surface area contributed by atoms with E-state index in [1.165, 1.54) is 11.1 Å². The van der Waals surface area contributed by atoms with Crippen molar-refractivity contribution in [1.29, 1.82) is 0 Å². The number of hydrogen-bond acceptors (Lipinski definition) is 4. The molecule has 1 aliphatic heterocycles. The average molecular weight is 380 g/mol. The molecule has 2 atom stereocenters. The number of para-hydroxylation sites is 2. The number of hydrogen-bond donors (Lipinski definition) is 0. The number of anilines is 1. The fourth-order valence-corrected chi connectivity index (χ4v) is 4.73. The molecule has 5 nitrogen and oxygen atoms in total. The van der Waals surface area contributed by atoms with Crippen molar-refractivity contribution in [3.05, 3.63) is 59.7 Å². The molecule has 1 fully saturated rings. The zero-order valence-corrected chi connectivity index (χ0v) is 17.0. The Morgan fingerprint density at radius 2 is 1.71 bits per heavy atom. The van der Waals surface area contributed by atoms with Crippen molar-refractivity contribution in [1.82, 2.24) is 9.80 Å². The van der Waals surface area contributed by atoms with Crippen LogP contribution in [-0.4, -0.2) is 62.1 Å². The lowest BCUT2D eigenvalue weighted by Gasteiger charge is -2.43. The molecule has 2 aromatic rings. The van der Waals surface area contributed by atoms with Crippen molar-refractivity contribution in [2.75, 3.05) is 45.2 Å². The van der Waals surface area contributed by atoms with Gasteiger partial charge in [-0.1, -0.05) is 36.4 Å². The maximum absolute atomic E-state index is 12.2. The van der Waals surface area contributed by atoms with Crippen LogP contribution in [0.2, 0.25) is 0 Å². The second-order valence-electron chi connectivity index (χ2n) is 7.74. The lowest BCUT2D eigenvalue weighted by molar-refractivity contribution is -0.131. The minimum Gasteiger partial charge on any atom is -0.495 e. The first-order chi connectivity index (χ1) is 13.6. The zero-order valence-electron chi connectivity index (χ0n) is 17.0. The van der Waals surface area contributed by atoms with Gasteiger partial charge in [0.05, 0.1) is 18.8 Å². The van der Waals surface area contributed by atoms with Gasteiger partial charge in [-0.25, -0.2) is 0 Å². The summed E-state index contributed by atoms with van der Waals surface area (Å²) in [6.07, 6.45) is 1.01. The van der Waals surface area contributed by atoms with Crippen LogP contribution in [0, 0.1) is 0 Å². The quantitative estimate of drug-likeness (QED) is 0.818. The summed E-state index contributed by atoms with van der Waals surface area (Å²) >= 11 is 0. The van der Waals surface area contributed by atoms with Gasteiger partial charge in [0.2, 0.25) is 5.91 Å². The minimum absolute atomic E-state index is 0.124. The summed E-state index contributed by atoms with van der Waals surface area (Å²) in [7, 11) is 3.67. The van der Waals surface area contributed by atoms with Gasteiger partial charge in [0.15, 0.2) is 0 Å². The van der Waals surface area contributed by atoms with Gasteiger partial charge in [-0.2, -0.15) is 0 Å². The van der Waals surface area contributed by atoms with Gasteiger partial charge >= 0.3 is 0 Å². The average Bonchev–Trinajstić information content (AvgIpc) is 3.12. The van der Waals surface area contributed by atoms with E-state index in [0.29, 0.717) is 6.04 Å². The Morgan fingerprint density at radius 1 is 1.04 bits per heavy atom. The fraction of sp³-hybridized carbons (Fsp3) is 0.435. The molecule has 0 aromatic heterocycles. The second kappa shape index (κ2) is 7.84. The van der Waals surface area contributed by atoms with Crippen LogP contribution in [0.4, 0.5) is 5.69 Å². The summed E-state index contributed by atoms with van der Waals surface area (Å²) in [6, 6.07) is 17.3. The Morgan fingerprint density at radius 3 is 2.43 bits per heavy atom. The number of carbonyl (C=O) groups is 1. The van der Waals surface area contributed by atoms with Crippen LogP contribution in [0.5, 0.6) is 5.75 Å². The van der Waals surface area contributed by atoms with Crippen LogP contribution in [0.3, 0.4) is 0 Å². The molecule has 5 heteroatoms. The van der Waals surface area contributed by atoms with E-state index in [-0.39, 0.29) is 11.9 Å². The Labute approximate surface area is 167 Å². The lowest BCUT2D eigenvalue weighted by Crippen LogP contribution is -2.53. The van der Waals surface area contributed by atoms with Crippen molar-refractivity contribution < 1.29 is 9.53 Å². The number of rotatable bonds is 4. The highest BCUT2D eigenvalue weighted by Gasteiger charge is 2.40. The van der Waals surface area contributed by atoms with E-state index in [1.807, 2.05) is 24.1 Å². The number of piperazine rings is 1. The molecule has 148 valence electrons. The third-order valence-corrected chi connectivity index (χ3v) is 6.29. The molecule has 1 heterocycles. The first-order valence-corrected chi connectivity index (χ1v) is 10.0.